The Hall–Kier alpha value is -3.49. The Labute approximate surface area is 199 Å². The highest BCUT2D eigenvalue weighted by Crippen LogP contribution is 2.34. The molecule has 4 rings (SSSR count). The van der Waals surface area contributed by atoms with E-state index in [0.29, 0.717) is 32.1 Å². The number of amides is 1. The SMILES string of the molecule is CCN1C(=O)CN(CC(C)(C)CC)c2nc(NCc3cnn(Cc4ccc(F)cc4)c3)ncc21. The van der Waals surface area contributed by atoms with Gasteiger partial charge in [-0.1, -0.05) is 32.9 Å². The summed E-state index contributed by atoms with van der Waals surface area (Å²) in [6.45, 7) is 11.2. The highest BCUT2D eigenvalue weighted by Gasteiger charge is 2.33. The van der Waals surface area contributed by atoms with Gasteiger partial charge in [-0.25, -0.2) is 9.37 Å². The average molecular weight is 466 g/mol. The van der Waals surface area contributed by atoms with Crippen LogP contribution in [0, 0.1) is 11.2 Å². The van der Waals surface area contributed by atoms with Gasteiger partial charge >= 0.3 is 0 Å². The summed E-state index contributed by atoms with van der Waals surface area (Å²) in [6, 6.07) is 6.41. The molecule has 8 nitrogen and oxygen atoms in total. The number of carbonyl (C=O) groups is 1. The van der Waals surface area contributed by atoms with Crippen LogP contribution in [-0.2, 0) is 17.9 Å². The molecule has 1 aromatic carbocycles. The van der Waals surface area contributed by atoms with Crippen molar-refractivity contribution in [2.75, 3.05) is 34.8 Å². The number of halogens is 1. The zero-order valence-corrected chi connectivity index (χ0v) is 20.3. The molecule has 0 saturated heterocycles. The average Bonchev–Trinajstić information content (AvgIpc) is 3.26. The van der Waals surface area contributed by atoms with Crippen LogP contribution in [0.5, 0.6) is 0 Å². The van der Waals surface area contributed by atoms with Gasteiger partial charge in [0.25, 0.3) is 0 Å². The lowest BCUT2D eigenvalue weighted by Crippen LogP contribution is -2.49. The van der Waals surface area contributed by atoms with Crippen LogP contribution in [0.15, 0.2) is 42.9 Å². The minimum atomic E-state index is -0.248. The van der Waals surface area contributed by atoms with Crippen molar-refractivity contribution in [2.24, 2.45) is 5.41 Å². The molecule has 3 aromatic rings. The number of benzene rings is 1. The Morgan fingerprint density at radius 2 is 1.88 bits per heavy atom. The van der Waals surface area contributed by atoms with E-state index in [9.17, 15) is 9.18 Å². The van der Waals surface area contributed by atoms with Crippen LogP contribution in [-0.4, -0.2) is 45.3 Å². The summed E-state index contributed by atoms with van der Waals surface area (Å²) in [6.07, 6.45) is 6.47. The van der Waals surface area contributed by atoms with Crippen LogP contribution in [0.2, 0.25) is 0 Å². The molecule has 3 heterocycles. The number of rotatable bonds is 9. The van der Waals surface area contributed by atoms with Gasteiger partial charge in [0.15, 0.2) is 5.82 Å². The lowest BCUT2D eigenvalue weighted by molar-refractivity contribution is -0.117. The number of anilines is 3. The molecule has 0 unspecified atom stereocenters. The summed E-state index contributed by atoms with van der Waals surface area (Å²) >= 11 is 0. The van der Waals surface area contributed by atoms with Crippen molar-refractivity contribution in [1.82, 2.24) is 19.7 Å². The van der Waals surface area contributed by atoms with E-state index in [1.165, 1.54) is 12.1 Å². The molecular weight excluding hydrogens is 433 g/mol. The molecule has 34 heavy (non-hydrogen) atoms. The fourth-order valence-electron chi connectivity index (χ4n) is 3.98. The van der Waals surface area contributed by atoms with E-state index in [1.54, 1.807) is 29.4 Å². The van der Waals surface area contributed by atoms with Crippen molar-refractivity contribution in [1.29, 1.82) is 0 Å². The van der Waals surface area contributed by atoms with Gasteiger partial charge in [0.05, 0.1) is 25.5 Å². The zero-order chi connectivity index (χ0) is 24.3. The Bertz CT molecular complexity index is 1140. The molecule has 2 aromatic heterocycles. The van der Waals surface area contributed by atoms with E-state index < -0.39 is 0 Å². The standard InChI is InChI=1S/C25H32FN7O/c1-5-25(3,4)17-31-16-22(34)33(6-2)21-13-28-24(30-23(21)31)27-11-19-12-29-32(15-19)14-18-7-9-20(26)10-8-18/h7-10,12-13,15H,5-6,11,14,16-17H2,1-4H3,(H,27,28,30). The molecule has 0 saturated carbocycles. The second kappa shape index (κ2) is 9.79. The Morgan fingerprint density at radius 1 is 1.12 bits per heavy atom. The molecule has 1 amide bonds. The molecule has 1 N–H and O–H groups in total. The van der Waals surface area contributed by atoms with E-state index in [-0.39, 0.29) is 17.1 Å². The molecule has 0 spiro atoms. The molecule has 9 heteroatoms. The van der Waals surface area contributed by atoms with Gasteiger partial charge in [0, 0.05) is 31.4 Å². The summed E-state index contributed by atoms with van der Waals surface area (Å²) < 4.78 is 14.9. The van der Waals surface area contributed by atoms with Crippen molar-refractivity contribution in [3.8, 4) is 0 Å². The molecule has 0 radical (unpaired) electrons. The molecular formula is C25H32FN7O. The predicted molar refractivity (Wildman–Crippen MR) is 131 cm³/mol. The van der Waals surface area contributed by atoms with Gasteiger partial charge in [0.1, 0.15) is 11.5 Å². The van der Waals surface area contributed by atoms with Gasteiger partial charge in [0.2, 0.25) is 11.9 Å². The summed E-state index contributed by atoms with van der Waals surface area (Å²) in [5.41, 5.74) is 2.78. The van der Waals surface area contributed by atoms with Crippen LogP contribution < -0.4 is 15.1 Å². The smallest absolute Gasteiger partial charge is 0.246 e. The summed E-state index contributed by atoms with van der Waals surface area (Å²) in [5, 5.41) is 7.68. The van der Waals surface area contributed by atoms with Crippen LogP contribution in [0.1, 0.15) is 45.2 Å². The topological polar surface area (TPSA) is 79.2 Å². The van der Waals surface area contributed by atoms with Crippen molar-refractivity contribution in [3.63, 3.8) is 0 Å². The van der Waals surface area contributed by atoms with Gasteiger partial charge < -0.3 is 15.1 Å². The summed E-state index contributed by atoms with van der Waals surface area (Å²) in [7, 11) is 0. The number of carbonyl (C=O) groups excluding carboxylic acids is 1. The number of nitrogens with zero attached hydrogens (tertiary/aromatic N) is 6. The quantitative estimate of drug-likeness (QED) is 0.513. The maximum Gasteiger partial charge on any atom is 0.246 e. The molecule has 1 aliphatic rings. The highest BCUT2D eigenvalue weighted by atomic mass is 19.1. The minimum Gasteiger partial charge on any atom is -0.350 e. The van der Waals surface area contributed by atoms with Crippen molar-refractivity contribution in [2.45, 2.75) is 47.2 Å². The monoisotopic (exact) mass is 465 g/mol. The third-order valence-electron chi connectivity index (χ3n) is 6.25. The summed E-state index contributed by atoms with van der Waals surface area (Å²) in [4.78, 5) is 25.8. The highest BCUT2D eigenvalue weighted by molar-refractivity contribution is 6.02. The number of nitrogens with one attached hydrogen (secondary N) is 1. The predicted octanol–water partition coefficient (Wildman–Crippen LogP) is 4.08. The van der Waals surface area contributed by atoms with E-state index in [0.717, 1.165) is 35.6 Å². The third-order valence-corrected chi connectivity index (χ3v) is 6.25. The maximum absolute atomic E-state index is 13.1. The molecule has 0 aliphatic carbocycles. The third kappa shape index (κ3) is 5.35. The van der Waals surface area contributed by atoms with Crippen molar-refractivity contribution < 1.29 is 9.18 Å². The fraction of sp³-hybridized carbons (Fsp3) is 0.440. The van der Waals surface area contributed by atoms with Crippen LogP contribution >= 0.6 is 0 Å². The van der Waals surface area contributed by atoms with Gasteiger partial charge in [-0.15, -0.1) is 0 Å². The number of hydrogen-bond donors (Lipinski definition) is 1. The van der Waals surface area contributed by atoms with E-state index in [4.69, 9.17) is 4.98 Å². The maximum atomic E-state index is 13.1. The number of hydrogen-bond acceptors (Lipinski definition) is 6. The van der Waals surface area contributed by atoms with Gasteiger partial charge in [-0.2, -0.15) is 10.1 Å². The second-order valence-electron chi connectivity index (χ2n) is 9.44. The Kier molecular flexibility index (Phi) is 6.81. The molecule has 0 atom stereocenters. The van der Waals surface area contributed by atoms with Gasteiger partial charge in [-0.3, -0.25) is 9.48 Å². The number of likely N-dealkylation sites (N-methyl/N-ethyl adjacent to an activating group) is 1. The Balaban J connectivity index is 1.48. The van der Waals surface area contributed by atoms with Gasteiger partial charge in [-0.05, 0) is 36.5 Å². The second-order valence-corrected chi connectivity index (χ2v) is 9.44. The zero-order valence-electron chi connectivity index (χ0n) is 20.3. The first-order chi connectivity index (χ1) is 16.3. The molecule has 0 bridgehead atoms. The first-order valence-electron chi connectivity index (χ1n) is 11.7. The number of aromatic nitrogens is 4. The largest absolute Gasteiger partial charge is 0.350 e. The van der Waals surface area contributed by atoms with E-state index >= 15 is 0 Å². The van der Waals surface area contributed by atoms with E-state index in [1.807, 2.05) is 17.8 Å². The minimum absolute atomic E-state index is 0.0591. The Morgan fingerprint density at radius 3 is 2.59 bits per heavy atom. The van der Waals surface area contributed by atoms with E-state index in [2.05, 4.69) is 41.1 Å². The summed E-state index contributed by atoms with van der Waals surface area (Å²) in [5.74, 6) is 1.12. The number of fused-ring (bicyclic) bond motifs is 1. The lowest BCUT2D eigenvalue weighted by Gasteiger charge is -2.39. The molecule has 0 fully saturated rings. The molecule has 180 valence electrons. The first kappa shape index (κ1) is 23.7. The van der Waals surface area contributed by atoms with Crippen LogP contribution in [0.25, 0.3) is 0 Å². The van der Waals surface area contributed by atoms with Crippen LogP contribution in [0.3, 0.4) is 0 Å². The van der Waals surface area contributed by atoms with Crippen LogP contribution in [0.4, 0.5) is 21.8 Å². The van der Waals surface area contributed by atoms with Crippen molar-refractivity contribution >= 4 is 23.4 Å². The lowest BCUT2D eigenvalue weighted by atomic mass is 9.89. The fourth-order valence-corrected chi connectivity index (χ4v) is 3.98. The molecule has 1 aliphatic heterocycles. The van der Waals surface area contributed by atoms with Crippen molar-refractivity contribution in [3.05, 3.63) is 59.8 Å². The normalized spacial score (nSPS) is 13.9. The first-order valence-corrected chi connectivity index (χ1v) is 11.7.